The number of halogens is 1. The quantitative estimate of drug-likeness (QED) is 0.630. The first kappa shape index (κ1) is 10.7. The van der Waals surface area contributed by atoms with Gasteiger partial charge < -0.3 is 0 Å². The van der Waals surface area contributed by atoms with Crippen LogP contribution in [0.2, 0.25) is 0 Å². The van der Waals surface area contributed by atoms with E-state index in [1.165, 1.54) is 10.7 Å². The van der Waals surface area contributed by atoms with E-state index in [0.717, 1.165) is 19.5 Å². The number of fused-ring (bicyclic) bond motifs is 1. The predicted molar refractivity (Wildman–Crippen MR) is 55.5 cm³/mol. The van der Waals surface area contributed by atoms with Crippen molar-refractivity contribution in [3.8, 4) is 0 Å². The average molecular weight is 239 g/mol. The van der Waals surface area contributed by atoms with Gasteiger partial charge in [-0.3, -0.25) is 4.90 Å². The van der Waals surface area contributed by atoms with Crippen LogP contribution in [0.25, 0.3) is 0 Å². The zero-order valence-electron chi connectivity index (χ0n) is 8.19. The van der Waals surface area contributed by atoms with E-state index in [-0.39, 0.29) is 6.04 Å². The Kier molecular flexibility index (Phi) is 2.76. The van der Waals surface area contributed by atoms with E-state index in [0.29, 0.717) is 12.6 Å². The van der Waals surface area contributed by atoms with Gasteiger partial charge in [-0.25, -0.2) is 0 Å². The van der Waals surface area contributed by atoms with Gasteiger partial charge in [-0.2, -0.15) is 12.7 Å². The van der Waals surface area contributed by atoms with Crippen LogP contribution in [0.5, 0.6) is 0 Å². The van der Waals surface area contributed by atoms with Crippen LogP contribution >= 0.6 is 10.7 Å². The van der Waals surface area contributed by atoms with Crippen LogP contribution in [-0.4, -0.2) is 49.3 Å². The molecule has 6 heteroatoms. The van der Waals surface area contributed by atoms with Gasteiger partial charge in [0, 0.05) is 35.9 Å². The number of nitrogens with zero attached hydrogens (tertiary/aromatic N) is 2. The Morgan fingerprint density at radius 3 is 2.71 bits per heavy atom. The summed E-state index contributed by atoms with van der Waals surface area (Å²) < 4.78 is 23.9. The number of rotatable bonds is 1. The van der Waals surface area contributed by atoms with E-state index >= 15 is 0 Å². The molecule has 2 heterocycles. The molecular weight excluding hydrogens is 224 g/mol. The number of hydrogen-bond donors (Lipinski definition) is 0. The van der Waals surface area contributed by atoms with Crippen molar-refractivity contribution < 1.29 is 8.42 Å². The lowest BCUT2D eigenvalue weighted by Gasteiger charge is -2.39. The first-order valence-corrected chi connectivity index (χ1v) is 7.20. The molecule has 2 aliphatic heterocycles. The van der Waals surface area contributed by atoms with Crippen molar-refractivity contribution in [1.29, 1.82) is 0 Å². The smallest absolute Gasteiger partial charge is 0.297 e. The van der Waals surface area contributed by atoms with Gasteiger partial charge in [-0.15, -0.1) is 0 Å². The maximum atomic E-state index is 11.3. The first-order chi connectivity index (χ1) is 6.48. The molecule has 0 saturated carbocycles. The highest BCUT2D eigenvalue weighted by Crippen LogP contribution is 2.27. The van der Waals surface area contributed by atoms with Gasteiger partial charge in [0.2, 0.25) is 0 Å². The van der Waals surface area contributed by atoms with Crippen LogP contribution in [0, 0.1) is 0 Å². The summed E-state index contributed by atoms with van der Waals surface area (Å²) in [6.07, 6.45) is 2.27. The van der Waals surface area contributed by atoms with Crippen molar-refractivity contribution in [3.05, 3.63) is 0 Å². The molecule has 4 nitrogen and oxygen atoms in total. The molecule has 82 valence electrons. The first-order valence-electron chi connectivity index (χ1n) is 4.94. The minimum atomic E-state index is -3.53. The summed E-state index contributed by atoms with van der Waals surface area (Å²) in [6.45, 7) is 4.39. The number of piperazine rings is 1. The molecule has 0 N–H and O–H groups in total. The molecule has 0 radical (unpaired) electrons. The largest absolute Gasteiger partial charge is 0.300 e. The SMILES string of the molecule is CC1CN2CCCC2CN1S(=O)(=O)Cl. The van der Waals surface area contributed by atoms with E-state index in [1.54, 1.807) is 0 Å². The molecule has 2 atom stereocenters. The topological polar surface area (TPSA) is 40.6 Å². The molecular formula is C8H15ClN2O2S. The van der Waals surface area contributed by atoms with Gasteiger partial charge in [0.15, 0.2) is 0 Å². The van der Waals surface area contributed by atoms with E-state index in [2.05, 4.69) is 4.90 Å². The van der Waals surface area contributed by atoms with E-state index in [4.69, 9.17) is 10.7 Å². The standard InChI is InChI=1S/C8H15ClN2O2S/c1-7-5-10-4-2-3-8(10)6-11(7)14(9,12)13/h7-8H,2-6H2,1H3. The molecule has 0 aromatic rings. The molecule has 0 aromatic carbocycles. The van der Waals surface area contributed by atoms with E-state index in [1.807, 2.05) is 6.92 Å². The molecule has 14 heavy (non-hydrogen) atoms. The molecule has 0 bridgehead atoms. The Labute approximate surface area is 89.4 Å². The van der Waals surface area contributed by atoms with Crippen LogP contribution in [0.1, 0.15) is 19.8 Å². The summed E-state index contributed by atoms with van der Waals surface area (Å²) in [5.41, 5.74) is 0. The van der Waals surface area contributed by atoms with Crippen molar-refractivity contribution in [3.63, 3.8) is 0 Å². The summed E-state index contributed by atoms with van der Waals surface area (Å²) in [5, 5.41) is 0. The third-order valence-corrected chi connectivity index (χ3v) is 4.76. The van der Waals surface area contributed by atoms with Gasteiger partial charge >= 0.3 is 0 Å². The predicted octanol–water partition coefficient (Wildman–Crippen LogP) is 0.639. The van der Waals surface area contributed by atoms with Gasteiger partial charge in [0.05, 0.1) is 0 Å². The Balaban J connectivity index is 2.14. The molecule has 0 amide bonds. The van der Waals surface area contributed by atoms with Gasteiger partial charge in [-0.05, 0) is 26.3 Å². The second kappa shape index (κ2) is 3.63. The molecule has 0 aromatic heterocycles. The van der Waals surface area contributed by atoms with Crippen LogP contribution in [-0.2, 0) is 9.24 Å². The molecule has 2 unspecified atom stereocenters. The monoisotopic (exact) mass is 238 g/mol. The summed E-state index contributed by atoms with van der Waals surface area (Å²) in [7, 11) is 1.84. The van der Waals surface area contributed by atoms with Crippen LogP contribution in [0.15, 0.2) is 0 Å². The highest BCUT2D eigenvalue weighted by Gasteiger charge is 2.38. The van der Waals surface area contributed by atoms with Crippen molar-refractivity contribution in [2.75, 3.05) is 19.6 Å². The maximum Gasteiger partial charge on any atom is 0.300 e. The molecule has 0 aliphatic carbocycles. The van der Waals surface area contributed by atoms with E-state index in [9.17, 15) is 8.42 Å². The minimum absolute atomic E-state index is 0.00634. The van der Waals surface area contributed by atoms with Gasteiger partial charge in [0.1, 0.15) is 0 Å². The third kappa shape index (κ3) is 1.91. The Hall–Kier alpha value is 0.160. The fourth-order valence-electron chi connectivity index (χ4n) is 2.46. The van der Waals surface area contributed by atoms with Gasteiger partial charge in [0.25, 0.3) is 9.24 Å². The lowest BCUT2D eigenvalue weighted by molar-refractivity contribution is 0.119. The molecule has 2 fully saturated rings. The second-order valence-electron chi connectivity index (χ2n) is 4.15. The molecule has 0 spiro atoms. The summed E-state index contributed by atoms with van der Waals surface area (Å²) in [5.74, 6) is 0. The molecule has 2 saturated heterocycles. The van der Waals surface area contributed by atoms with Crippen molar-refractivity contribution >= 4 is 19.9 Å². The third-order valence-electron chi connectivity index (χ3n) is 3.16. The van der Waals surface area contributed by atoms with Crippen molar-refractivity contribution in [2.45, 2.75) is 31.8 Å². The molecule has 2 aliphatic rings. The lowest BCUT2D eigenvalue weighted by atomic mass is 10.1. The summed E-state index contributed by atoms with van der Waals surface area (Å²) in [4.78, 5) is 2.36. The summed E-state index contributed by atoms with van der Waals surface area (Å²) >= 11 is 0. The second-order valence-corrected chi connectivity index (χ2v) is 6.61. The van der Waals surface area contributed by atoms with Crippen molar-refractivity contribution in [1.82, 2.24) is 9.21 Å². The van der Waals surface area contributed by atoms with E-state index < -0.39 is 9.24 Å². The highest BCUT2D eigenvalue weighted by atomic mass is 35.7. The Bertz CT molecular complexity index is 319. The van der Waals surface area contributed by atoms with Crippen LogP contribution in [0.4, 0.5) is 0 Å². The minimum Gasteiger partial charge on any atom is -0.297 e. The Morgan fingerprint density at radius 1 is 1.36 bits per heavy atom. The van der Waals surface area contributed by atoms with Gasteiger partial charge in [-0.1, -0.05) is 0 Å². The van der Waals surface area contributed by atoms with Crippen LogP contribution < -0.4 is 0 Å². The fraction of sp³-hybridized carbons (Fsp3) is 1.00. The normalized spacial score (nSPS) is 35.9. The lowest BCUT2D eigenvalue weighted by Crippen LogP contribution is -2.55. The zero-order chi connectivity index (χ0) is 10.3. The summed E-state index contributed by atoms with van der Waals surface area (Å²) in [6, 6.07) is 0.395. The average Bonchev–Trinajstić information content (AvgIpc) is 2.47. The van der Waals surface area contributed by atoms with Crippen molar-refractivity contribution in [2.24, 2.45) is 0 Å². The Morgan fingerprint density at radius 2 is 2.07 bits per heavy atom. The maximum absolute atomic E-state index is 11.3. The highest BCUT2D eigenvalue weighted by molar-refractivity contribution is 8.11. The van der Waals surface area contributed by atoms with Crippen LogP contribution in [0.3, 0.4) is 0 Å². The number of hydrogen-bond acceptors (Lipinski definition) is 3. The zero-order valence-corrected chi connectivity index (χ0v) is 9.76. The molecule has 2 rings (SSSR count). The fourth-order valence-corrected chi connectivity index (χ4v) is 3.89.